The standard InChI is InChI=1S/C6H13OP/c1-4-8-6(3)5(2)7/h6,8H,4H2,1-3H3. The van der Waals surface area contributed by atoms with E-state index in [1.807, 2.05) is 6.92 Å². The van der Waals surface area contributed by atoms with Gasteiger partial charge in [-0.2, -0.15) is 0 Å². The van der Waals surface area contributed by atoms with Crippen molar-refractivity contribution in [2.24, 2.45) is 0 Å². The number of carbonyl (C=O) groups is 1. The van der Waals surface area contributed by atoms with Crippen LogP contribution < -0.4 is 0 Å². The minimum absolute atomic E-state index is 0.306. The summed E-state index contributed by atoms with van der Waals surface area (Å²) in [5.41, 5.74) is 0.306. The average Bonchev–Trinajstić information content (AvgIpc) is 1.67. The highest BCUT2D eigenvalue weighted by Crippen LogP contribution is 2.17. The number of ketones is 1. The molecule has 0 fully saturated rings. The Bertz CT molecular complexity index is 80.6. The van der Waals surface area contributed by atoms with Crippen molar-refractivity contribution in [3.8, 4) is 0 Å². The summed E-state index contributed by atoms with van der Waals surface area (Å²) in [6, 6.07) is 0. The Hall–Kier alpha value is 0.100. The van der Waals surface area contributed by atoms with Gasteiger partial charge in [-0.15, -0.1) is 8.58 Å². The molecule has 48 valence electrons. The van der Waals surface area contributed by atoms with Gasteiger partial charge in [0, 0.05) is 5.66 Å². The maximum Gasteiger partial charge on any atom is 0.136 e. The average molecular weight is 132 g/mol. The van der Waals surface area contributed by atoms with Crippen LogP contribution in [0.5, 0.6) is 0 Å². The monoisotopic (exact) mass is 132 g/mol. The van der Waals surface area contributed by atoms with Crippen LogP contribution in [0.2, 0.25) is 0 Å². The second-order valence-corrected chi connectivity index (χ2v) is 3.87. The van der Waals surface area contributed by atoms with Gasteiger partial charge in [0.25, 0.3) is 0 Å². The number of rotatable bonds is 3. The van der Waals surface area contributed by atoms with Crippen LogP contribution in [-0.4, -0.2) is 17.6 Å². The highest BCUT2D eigenvalue weighted by atomic mass is 31.1. The van der Waals surface area contributed by atoms with E-state index in [-0.39, 0.29) is 0 Å². The lowest BCUT2D eigenvalue weighted by molar-refractivity contribution is -0.116. The van der Waals surface area contributed by atoms with Gasteiger partial charge in [-0.25, -0.2) is 0 Å². The zero-order chi connectivity index (χ0) is 6.57. The first-order valence-electron chi connectivity index (χ1n) is 2.92. The predicted octanol–water partition coefficient (Wildman–Crippen LogP) is 1.66. The van der Waals surface area contributed by atoms with Crippen molar-refractivity contribution in [2.75, 3.05) is 6.16 Å². The molecule has 1 nitrogen and oxygen atoms in total. The van der Waals surface area contributed by atoms with Crippen LogP contribution in [0.3, 0.4) is 0 Å². The van der Waals surface area contributed by atoms with Gasteiger partial charge < -0.3 is 0 Å². The van der Waals surface area contributed by atoms with E-state index in [9.17, 15) is 4.79 Å². The second kappa shape index (κ2) is 4.03. The molecule has 0 N–H and O–H groups in total. The van der Waals surface area contributed by atoms with E-state index >= 15 is 0 Å². The molecular weight excluding hydrogens is 119 g/mol. The fraction of sp³-hybridized carbons (Fsp3) is 0.833. The first-order valence-corrected chi connectivity index (χ1v) is 4.20. The topological polar surface area (TPSA) is 17.1 Å². The molecular formula is C6H13OP. The van der Waals surface area contributed by atoms with E-state index in [0.29, 0.717) is 11.4 Å². The number of hydrogen-bond donors (Lipinski definition) is 0. The lowest BCUT2D eigenvalue weighted by atomic mass is 10.3. The van der Waals surface area contributed by atoms with Gasteiger partial charge in [0.05, 0.1) is 0 Å². The van der Waals surface area contributed by atoms with Gasteiger partial charge in [-0.05, 0) is 13.1 Å². The Labute approximate surface area is 52.6 Å². The first-order chi connectivity index (χ1) is 3.68. The van der Waals surface area contributed by atoms with Crippen LogP contribution in [0, 0.1) is 0 Å². The minimum Gasteiger partial charge on any atom is -0.299 e. The van der Waals surface area contributed by atoms with Crippen molar-refractivity contribution >= 4 is 14.4 Å². The maximum atomic E-state index is 10.5. The van der Waals surface area contributed by atoms with E-state index in [0.717, 1.165) is 14.7 Å². The lowest BCUT2D eigenvalue weighted by Gasteiger charge is -2.02. The van der Waals surface area contributed by atoms with Crippen LogP contribution in [0.15, 0.2) is 0 Å². The third-order valence-corrected chi connectivity index (χ3v) is 2.55. The summed E-state index contributed by atoms with van der Waals surface area (Å²) in [4.78, 5) is 10.5. The van der Waals surface area contributed by atoms with Crippen LogP contribution in [0.4, 0.5) is 0 Å². The second-order valence-electron chi connectivity index (χ2n) is 1.89. The molecule has 0 amide bonds. The molecule has 0 aromatic heterocycles. The predicted molar refractivity (Wildman–Crippen MR) is 39.0 cm³/mol. The molecule has 0 aliphatic carbocycles. The third-order valence-electron chi connectivity index (χ3n) is 1.12. The highest BCUT2D eigenvalue weighted by molar-refractivity contribution is 7.40. The Kier molecular flexibility index (Phi) is 4.08. The highest BCUT2D eigenvalue weighted by Gasteiger charge is 2.03. The Morgan fingerprint density at radius 1 is 1.75 bits per heavy atom. The Morgan fingerprint density at radius 2 is 2.25 bits per heavy atom. The smallest absolute Gasteiger partial charge is 0.136 e. The fourth-order valence-corrected chi connectivity index (χ4v) is 1.35. The molecule has 0 heterocycles. The minimum atomic E-state index is 0.306. The molecule has 0 aromatic carbocycles. The summed E-state index contributed by atoms with van der Waals surface area (Å²) in [5.74, 6) is 0.324. The molecule has 0 bridgehead atoms. The zero-order valence-electron chi connectivity index (χ0n) is 5.69. The van der Waals surface area contributed by atoms with E-state index in [1.54, 1.807) is 6.92 Å². The van der Waals surface area contributed by atoms with Crippen LogP contribution in [0.25, 0.3) is 0 Å². The molecule has 0 rings (SSSR count). The van der Waals surface area contributed by atoms with E-state index in [2.05, 4.69) is 6.92 Å². The van der Waals surface area contributed by atoms with Crippen LogP contribution in [0.1, 0.15) is 20.8 Å². The molecule has 2 atom stereocenters. The van der Waals surface area contributed by atoms with Crippen molar-refractivity contribution in [3.63, 3.8) is 0 Å². The van der Waals surface area contributed by atoms with Crippen molar-refractivity contribution in [2.45, 2.75) is 26.4 Å². The normalized spacial score (nSPS) is 14.9. The van der Waals surface area contributed by atoms with Crippen LogP contribution in [-0.2, 0) is 4.79 Å². The number of hydrogen-bond acceptors (Lipinski definition) is 1. The molecule has 0 saturated carbocycles. The first kappa shape index (κ1) is 8.10. The molecule has 2 heteroatoms. The lowest BCUT2D eigenvalue weighted by Crippen LogP contribution is -2.06. The quantitative estimate of drug-likeness (QED) is 0.534. The summed E-state index contributed by atoms with van der Waals surface area (Å²) in [6.07, 6.45) is 1.14. The van der Waals surface area contributed by atoms with E-state index in [4.69, 9.17) is 0 Å². The van der Waals surface area contributed by atoms with Gasteiger partial charge in [0.15, 0.2) is 0 Å². The maximum absolute atomic E-state index is 10.5. The van der Waals surface area contributed by atoms with Crippen molar-refractivity contribution in [3.05, 3.63) is 0 Å². The fourth-order valence-electron chi connectivity index (χ4n) is 0.450. The van der Waals surface area contributed by atoms with Gasteiger partial charge in [0.2, 0.25) is 0 Å². The Balaban J connectivity index is 3.32. The van der Waals surface area contributed by atoms with Crippen molar-refractivity contribution in [1.29, 1.82) is 0 Å². The zero-order valence-corrected chi connectivity index (χ0v) is 6.69. The molecule has 2 unspecified atom stereocenters. The summed E-state index contributed by atoms with van der Waals surface area (Å²) in [5, 5.41) is 0. The third kappa shape index (κ3) is 3.15. The number of carbonyl (C=O) groups excluding carboxylic acids is 1. The Morgan fingerprint density at radius 3 is 2.38 bits per heavy atom. The molecule has 8 heavy (non-hydrogen) atoms. The molecule has 0 aliphatic heterocycles. The van der Waals surface area contributed by atoms with Crippen LogP contribution >= 0.6 is 8.58 Å². The number of Topliss-reactive ketones (excluding diaryl/α,β-unsaturated/α-hetero) is 1. The molecule has 0 saturated heterocycles. The van der Waals surface area contributed by atoms with Gasteiger partial charge in [0.1, 0.15) is 5.78 Å². The SMILES string of the molecule is CCPC(C)C(C)=O. The van der Waals surface area contributed by atoms with Gasteiger partial charge in [-0.1, -0.05) is 13.8 Å². The summed E-state index contributed by atoms with van der Waals surface area (Å²) in [6.45, 7) is 5.76. The van der Waals surface area contributed by atoms with Gasteiger partial charge >= 0.3 is 0 Å². The van der Waals surface area contributed by atoms with Crippen molar-refractivity contribution < 1.29 is 4.79 Å². The molecule has 0 spiro atoms. The van der Waals surface area contributed by atoms with E-state index < -0.39 is 0 Å². The summed E-state index contributed by atoms with van der Waals surface area (Å²) >= 11 is 0. The largest absolute Gasteiger partial charge is 0.299 e. The molecule has 0 aliphatic rings. The summed E-state index contributed by atoms with van der Waals surface area (Å²) in [7, 11) is 0.819. The molecule has 0 radical (unpaired) electrons. The van der Waals surface area contributed by atoms with Gasteiger partial charge in [-0.3, -0.25) is 4.79 Å². The summed E-state index contributed by atoms with van der Waals surface area (Å²) < 4.78 is 0. The van der Waals surface area contributed by atoms with Crippen molar-refractivity contribution in [1.82, 2.24) is 0 Å². The van der Waals surface area contributed by atoms with E-state index in [1.165, 1.54) is 0 Å². The molecule has 0 aromatic rings.